The number of nitrogens with zero attached hydrogens (tertiary/aromatic N) is 1. The largest absolute Gasteiger partial charge is 0.496 e. The minimum absolute atomic E-state index is 0.151. The fourth-order valence-corrected chi connectivity index (χ4v) is 4.22. The molecule has 0 radical (unpaired) electrons. The Balaban J connectivity index is 1.79. The zero-order chi connectivity index (χ0) is 23.3. The lowest BCUT2D eigenvalue weighted by Crippen LogP contribution is -2.30. The van der Waals surface area contributed by atoms with Crippen LogP contribution in [-0.4, -0.2) is 27.7 Å². The maximum Gasteiger partial charge on any atom is 0.251 e. The lowest BCUT2D eigenvalue weighted by Gasteiger charge is -2.23. The van der Waals surface area contributed by atoms with Gasteiger partial charge in [0, 0.05) is 16.7 Å². The van der Waals surface area contributed by atoms with Crippen molar-refractivity contribution in [3.05, 3.63) is 95.3 Å². The predicted molar refractivity (Wildman–Crippen MR) is 123 cm³/mol. The zero-order valence-corrected chi connectivity index (χ0v) is 18.9. The highest BCUT2D eigenvalue weighted by molar-refractivity contribution is 7.92. The van der Waals surface area contributed by atoms with Gasteiger partial charge in [-0.05, 0) is 43.3 Å². The van der Waals surface area contributed by atoms with Crippen molar-refractivity contribution in [3.63, 3.8) is 0 Å². The number of ether oxygens (including phenoxy) is 1. The van der Waals surface area contributed by atoms with Crippen molar-refractivity contribution in [1.29, 1.82) is 0 Å². The smallest absolute Gasteiger partial charge is 0.251 e. The first-order chi connectivity index (χ1) is 15.2. The van der Waals surface area contributed by atoms with Crippen molar-refractivity contribution >= 4 is 21.6 Å². The Hall–Kier alpha value is -3.39. The highest BCUT2D eigenvalue weighted by atomic mass is 32.2. The van der Waals surface area contributed by atoms with Gasteiger partial charge in [-0.25, -0.2) is 12.8 Å². The maximum absolute atomic E-state index is 14.1. The number of anilines is 1. The first-order valence-electron chi connectivity index (χ1n) is 9.95. The van der Waals surface area contributed by atoms with Crippen molar-refractivity contribution < 1.29 is 22.3 Å². The number of nitrogens with one attached hydrogen (secondary N) is 1. The molecule has 3 rings (SSSR count). The van der Waals surface area contributed by atoms with E-state index < -0.39 is 15.8 Å². The number of hydrogen-bond acceptors (Lipinski definition) is 4. The minimum Gasteiger partial charge on any atom is -0.496 e. The van der Waals surface area contributed by atoms with Crippen LogP contribution in [0.1, 0.15) is 34.5 Å². The Morgan fingerprint density at radius 3 is 2.28 bits per heavy atom. The van der Waals surface area contributed by atoms with Crippen molar-refractivity contribution in [2.45, 2.75) is 19.5 Å². The standard InChI is InChI=1S/C24H25FN2O4S/c1-17(21-9-5-7-11-23(21)31-2)26-24(28)18-12-14-20(15-13-18)27(32(3,29)30)16-19-8-4-6-10-22(19)25/h4-15,17H,16H2,1-3H3,(H,26,28)/t17-/m1/s1. The summed E-state index contributed by atoms with van der Waals surface area (Å²) in [6.07, 6.45) is 1.06. The molecule has 8 heteroatoms. The Kier molecular flexibility index (Phi) is 7.15. The van der Waals surface area contributed by atoms with Crippen LogP contribution in [0.3, 0.4) is 0 Å². The summed E-state index contributed by atoms with van der Waals surface area (Å²) in [4.78, 5) is 12.7. The number of methoxy groups -OCH3 is 1. The Morgan fingerprint density at radius 2 is 1.66 bits per heavy atom. The van der Waals surface area contributed by atoms with Gasteiger partial charge in [-0.3, -0.25) is 9.10 Å². The molecule has 0 aliphatic rings. The van der Waals surface area contributed by atoms with Gasteiger partial charge in [0.1, 0.15) is 11.6 Å². The third-order valence-electron chi connectivity index (χ3n) is 5.04. The Morgan fingerprint density at radius 1 is 1.03 bits per heavy atom. The number of amides is 1. The van der Waals surface area contributed by atoms with Gasteiger partial charge in [-0.1, -0.05) is 36.4 Å². The summed E-state index contributed by atoms with van der Waals surface area (Å²) in [7, 11) is -2.11. The fourth-order valence-electron chi connectivity index (χ4n) is 3.34. The van der Waals surface area contributed by atoms with E-state index in [4.69, 9.17) is 4.74 Å². The molecule has 0 saturated heterocycles. The van der Waals surface area contributed by atoms with Crippen LogP contribution in [0, 0.1) is 5.82 Å². The van der Waals surface area contributed by atoms with Crippen LogP contribution in [0.5, 0.6) is 5.75 Å². The van der Waals surface area contributed by atoms with Crippen LogP contribution in [0.4, 0.5) is 10.1 Å². The summed E-state index contributed by atoms with van der Waals surface area (Å²) < 4.78 is 45.2. The van der Waals surface area contributed by atoms with E-state index in [1.54, 1.807) is 31.4 Å². The van der Waals surface area contributed by atoms with Gasteiger partial charge in [-0.2, -0.15) is 0 Å². The third kappa shape index (κ3) is 5.45. The van der Waals surface area contributed by atoms with Gasteiger partial charge in [0.2, 0.25) is 10.0 Å². The topological polar surface area (TPSA) is 75.7 Å². The van der Waals surface area contributed by atoms with E-state index >= 15 is 0 Å². The van der Waals surface area contributed by atoms with Crippen LogP contribution < -0.4 is 14.4 Å². The van der Waals surface area contributed by atoms with Crippen molar-refractivity contribution in [2.24, 2.45) is 0 Å². The molecule has 0 bridgehead atoms. The van der Waals surface area contributed by atoms with Gasteiger partial charge in [0.15, 0.2) is 0 Å². The van der Waals surface area contributed by atoms with Crippen molar-refractivity contribution in [1.82, 2.24) is 5.32 Å². The molecule has 32 heavy (non-hydrogen) atoms. The fraction of sp³-hybridized carbons (Fsp3) is 0.208. The Bertz CT molecular complexity index is 1200. The monoisotopic (exact) mass is 456 g/mol. The summed E-state index contributed by atoms with van der Waals surface area (Å²) in [6.45, 7) is 1.70. The second kappa shape index (κ2) is 9.82. The van der Waals surface area contributed by atoms with Gasteiger partial charge in [0.05, 0.1) is 31.6 Å². The lowest BCUT2D eigenvalue weighted by molar-refractivity contribution is 0.0939. The molecule has 168 valence electrons. The van der Waals surface area contributed by atoms with Gasteiger partial charge in [-0.15, -0.1) is 0 Å². The number of carbonyl (C=O) groups is 1. The molecule has 3 aromatic rings. The highest BCUT2D eigenvalue weighted by Crippen LogP contribution is 2.25. The molecule has 3 aromatic carbocycles. The molecule has 1 N–H and O–H groups in total. The lowest BCUT2D eigenvalue weighted by atomic mass is 10.1. The predicted octanol–water partition coefficient (Wildman–Crippen LogP) is 4.29. The number of para-hydroxylation sites is 1. The first-order valence-corrected chi connectivity index (χ1v) is 11.8. The molecule has 0 aromatic heterocycles. The number of sulfonamides is 1. The zero-order valence-electron chi connectivity index (χ0n) is 18.1. The molecular formula is C24H25FN2O4S. The van der Waals surface area contributed by atoms with Crippen LogP contribution in [0.25, 0.3) is 0 Å². The molecule has 0 aliphatic heterocycles. The number of benzene rings is 3. The van der Waals surface area contributed by atoms with Crippen LogP contribution in [0.15, 0.2) is 72.8 Å². The van der Waals surface area contributed by atoms with E-state index in [0.717, 1.165) is 16.1 Å². The van der Waals surface area contributed by atoms with Crippen molar-refractivity contribution in [2.75, 3.05) is 17.7 Å². The maximum atomic E-state index is 14.1. The van der Waals surface area contributed by atoms with Crippen LogP contribution in [0.2, 0.25) is 0 Å². The number of carbonyl (C=O) groups excluding carboxylic acids is 1. The van der Waals surface area contributed by atoms with E-state index in [2.05, 4.69) is 5.32 Å². The average Bonchev–Trinajstić information content (AvgIpc) is 2.77. The minimum atomic E-state index is -3.68. The molecule has 0 heterocycles. The van der Waals surface area contributed by atoms with E-state index in [9.17, 15) is 17.6 Å². The summed E-state index contributed by atoms with van der Waals surface area (Å²) in [5.74, 6) is -0.120. The highest BCUT2D eigenvalue weighted by Gasteiger charge is 2.20. The quantitative estimate of drug-likeness (QED) is 0.549. The molecule has 0 aliphatic carbocycles. The molecular weight excluding hydrogens is 431 g/mol. The second-order valence-corrected chi connectivity index (χ2v) is 9.25. The normalized spacial score (nSPS) is 12.1. The molecule has 0 spiro atoms. The van der Waals surface area contributed by atoms with E-state index in [-0.39, 0.29) is 24.1 Å². The summed E-state index contributed by atoms with van der Waals surface area (Å²) in [5, 5.41) is 2.91. The number of hydrogen-bond donors (Lipinski definition) is 1. The first kappa shape index (κ1) is 23.3. The van der Waals surface area contributed by atoms with Gasteiger partial charge in [0.25, 0.3) is 5.91 Å². The summed E-state index contributed by atoms with van der Waals surface area (Å²) in [5.41, 5.74) is 1.80. The molecule has 0 fully saturated rings. The molecule has 1 amide bonds. The average molecular weight is 457 g/mol. The van der Waals surface area contributed by atoms with Gasteiger partial charge < -0.3 is 10.1 Å². The molecule has 1 atom stereocenters. The van der Waals surface area contributed by atoms with Crippen molar-refractivity contribution in [3.8, 4) is 5.75 Å². The van der Waals surface area contributed by atoms with Gasteiger partial charge >= 0.3 is 0 Å². The van der Waals surface area contributed by atoms with E-state index in [1.165, 1.54) is 24.3 Å². The van der Waals surface area contributed by atoms with Crippen LogP contribution in [-0.2, 0) is 16.6 Å². The van der Waals surface area contributed by atoms with E-state index in [0.29, 0.717) is 17.0 Å². The molecule has 6 nitrogen and oxygen atoms in total. The SMILES string of the molecule is COc1ccccc1[C@@H](C)NC(=O)c1ccc(N(Cc2ccccc2F)S(C)(=O)=O)cc1. The number of halogens is 1. The molecule has 0 unspecified atom stereocenters. The second-order valence-electron chi connectivity index (χ2n) is 7.35. The van der Waals surface area contributed by atoms with Crippen LogP contribution >= 0.6 is 0 Å². The third-order valence-corrected chi connectivity index (χ3v) is 6.18. The number of rotatable bonds is 8. The Labute approximate surface area is 187 Å². The summed E-state index contributed by atoms with van der Waals surface area (Å²) in [6, 6.07) is 19.3. The molecule has 0 saturated carbocycles. The van der Waals surface area contributed by atoms with E-state index in [1.807, 2.05) is 31.2 Å². The summed E-state index contributed by atoms with van der Waals surface area (Å²) >= 11 is 0.